The van der Waals surface area contributed by atoms with E-state index in [-0.39, 0.29) is 17.1 Å². The Kier molecular flexibility index (Phi) is 8.28. The summed E-state index contributed by atoms with van der Waals surface area (Å²) in [5.74, 6) is 0.400. The first-order valence-corrected chi connectivity index (χ1v) is 9.86. The van der Waals surface area contributed by atoms with Crippen molar-refractivity contribution in [2.24, 2.45) is 0 Å². The SMILES string of the molecule is COc1ccc(SC(C)C(=O)NCCNC(=O)c2ccc(Cl)c(Cl)c2)cc1. The topological polar surface area (TPSA) is 67.4 Å². The molecule has 0 radical (unpaired) electrons. The Morgan fingerprint density at radius 1 is 1.04 bits per heavy atom. The minimum absolute atomic E-state index is 0.0976. The van der Waals surface area contributed by atoms with Gasteiger partial charge in [-0.1, -0.05) is 23.2 Å². The van der Waals surface area contributed by atoms with E-state index in [2.05, 4.69) is 10.6 Å². The smallest absolute Gasteiger partial charge is 0.251 e. The molecule has 0 saturated carbocycles. The molecule has 27 heavy (non-hydrogen) atoms. The third-order valence-corrected chi connectivity index (χ3v) is 5.48. The lowest BCUT2D eigenvalue weighted by Crippen LogP contribution is -2.37. The largest absolute Gasteiger partial charge is 0.497 e. The van der Waals surface area contributed by atoms with Crippen LogP contribution in [-0.4, -0.2) is 37.3 Å². The normalized spacial score (nSPS) is 11.6. The molecule has 0 aliphatic carbocycles. The molecule has 0 aromatic heterocycles. The molecule has 2 rings (SSSR count). The fourth-order valence-corrected chi connectivity index (χ4v) is 3.35. The van der Waals surface area contributed by atoms with Gasteiger partial charge in [0.05, 0.1) is 22.4 Å². The van der Waals surface area contributed by atoms with E-state index in [0.717, 1.165) is 10.6 Å². The maximum Gasteiger partial charge on any atom is 0.251 e. The molecule has 0 saturated heterocycles. The van der Waals surface area contributed by atoms with E-state index in [1.165, 1.54) is 17.8 Å². The Morgan fingerprint density at radius 3 is 2.33 bits per heavy atom. The highest BCUT2D eigenvalue weighted by Crippen LogP contribution is 2.25. The fourth-order valence-electron chi connectivity index (χ4n) is 2.16. The summed E-state index contributed by atoms with van der Waals surface area (Å²) in [6.45, 7) is 2.47. The zero-order valence-corrected chi connectivity index (χ0v) is 17.3. The molecule has 0 aliphatic heterocycles. The number of benzene rings is 2. The number of hydrogen-bond donors (Lipinski definition) is 2. The number of ether oxygens (including phenoxy) is 1. The monoisotopic (exact) mass is 426 g/mol. The zero-order chi connectivity index (χ0) is 19.8. The minimum atomic E-state index is -0.275. The van der Waals surface area contributed by atoms with Crippen LogP contribution in [0.15, 0.2) is 47.4 Å². The Balaban J connectivity index is 1.72. The molecule has 2 N–H and O–H groups in total. The van der Waals surface area contributed by atoms with Gasteiger partial charge >= 0.3 is 0 Å². The molecular weight excluding hydrogens is 407 g/mol. The predicted molar refractivity (Wildman–Crippen MR) is 110 cm³/mol. The fraction of sp³-hybridized carbons (Fsp3) is 0.263. The van der Waals surface area contributed by atoms with Crippen LogP contribution in [0.5, 0.6) is 5.75 Å². The Hall–Kier alpha value is -1.89. The Bertz CT molecular complexity index is 800. The number of methoxy groups -OCH3 is 1. The lowest BCUT2D eigenvalue weighted by atomic mass is 10.2. The van der Waals surface area contributed by atoms with E-state index < -0.39 is 0 Å². The maximum absolute atomic E-state index is 12.2. The highest BCUT2D eigenvalue weighted by Gasteiger charge is 2.14. The molecule has 1 unspecified atom stereocenters. The summed E-state index contributed by atoms with van der Waals surface area (Å²) in [7, 11) is 1.61. The van der Waals surface area contributed by atoms with Crippen LogP contribution in [-0.2, 0) is 4.79 Å². The van der Waals surface area contributed by atoms with Crippen molar-refractivity contribution in [1.29, 1.82) is 0 Å². The summed E-state index contributed by atoms with van der Waals surface area (Å²) in [5, 5.41) is 5.99. The maximum atomic E-state index is 12.2. The molecule has 5 nitrogen and oxygen atoms in total. The molecule has 2 amide bonds. The molecule has 8 heteroatoms. The first-order valence-electron chi connectivity index (χ1n) is 8.22. The van der Waals surface area contributed by atoms with Crippen molar-refractivity contribution in [3.8, 4) is 5.75 Å². The molecular formula is C19H20Cl2N2O3S. The number of halogens is 2. The van der Waals surface area contributed by atoms with Gasteiger partial charge in [-0.15, -0.1) is 11.8 Å². The molecule has 0 spiro atoms. The van der Waals surface area contributed by atoms with Crippen molar-refractivity contribution < 1.29 is 14.3 Å². The van der Waals surface area contributed by atoms with Crippen LogP contribution in [0, 0.1) is 0 Å². The van der Waals surface area contributed by atoms with Gasteiger partial charge < -0.3 is 15.4 Å². The minimum Gasteiger partial charge on any atom is -0.497 e. The molecule has 2 aromatic rings. The van der Waals surface area contributed by atoms with Crippen molar-refractivity contribution in [3.63, 3.8) is 0 Å². The van der Waals surface area contributed by atoms with Crippen LogP contribution in [0.2, 0.25) is 10.0 Å². The van der Waals surface area contributed by atoms with E-state index in [0.29, 0.717) is 28.7 Å². The van der Waals surface area contributed by atoms with Crippen molar-refractivity contribution in [3.05, 3.63) is 58.1 Å². The third kappa shape index (κ3) is 6.65. The average Bonchev–Trinajstić information content (AvgIpc) is 2.67. The van der Waals surface area contributed by atoms with Crippen LogP contribution in [0.4, 0.5) is 0 Å². The van der Waals surface area contributed by atoms with Crippen molar-refractivity contribution in [1.82, 2.24) is 10.6 Å². The van der Waals surface area contributed by atoms with E-state index in [9.17, 15) is 9.59 Å². The molecule has 2 aromatic carbocycles. The van der Waals surface area contributed by atoms with E-state index in [1.54, 1.807) is 19.2 Å². The standard InChI is InChI=1S/C19H20Cl2N2O3S/c1-12(27-15-6-4-14(26-2)5-7-15)18(24)22-9-10-23-19(25)13-3-8-16(20)17(21)11-13/h3-8,11-12H,9-10H2,1-2H3,(H,22,24)(H,23,25). The second-order valence-electron chi connectivity index (χ2n) is 5.61. The van der Waals surface area contributed by atoms with Crippen LogP contribution in [0.3, 0.4) is 0 Å². The molecule has 1 atom stereocenters. The van der Waals surface area contributed by atoms with Gasteiger partial charge in [0, 0.05) is 23.5 Å². The summed E-state index contributed by atoms with van der Waals surface area (Å²) in [6, 6.07) is 12.2. The van der Waals surface area contributed by atoms with Crippen LogP contribution < -0.4 is 15.4 Å². The molecule has 0 bridgehead atoms. The summed E-state index contributed by atoms with van der Waals surface area (Å²) < 4.78 is 5.11. The van der Waals surface area contributed by atoms with Gasteiger partial charge in [0.25, 0.3) is 5.91 Å². The van der Waals surface area contributed by atoms with Crippen LogP contribution >= 0.6 is 35.0 Å². The Labute approximate surface area is 172 Å². The number of amides is 2. The molecule has 0 fully saturated rings. The first-order chi connectivity index (χ1) is 12.9. The van der Waals surface area contributed by atoms with Gasteiger partial charge in [0.15, 0.2) is 0 Å². The van der Waals surface area contributed by atoms with E-state index in [4.69, 9.17) is 27.9 Å². The number of rotatable bonds is 8. The number of carbonyl (C=O) groups is 2. The van der Waals surface area contributed by atoms with Crippen molar-refractivity contribution >= 4 is 46.8 Å². The lowest BCUT2D eigenvalue weighted by molar-refractivity contribution is -0.120. The number of carbonyl (C=O) groups excluding carboxylic acids is 2. The highest BCUT2D eigenvalue weighted by molar-refractivity contribution is 8.00. The van der Waals surface area contributed by atoms with Gasteiger partial charge in [-0.3, -0.25) is 9.59 Å². The van der Waals surface area contributed by atoms with Crippen LogP contribution in [0.1, 0.15) is 17.3 Å². The summed E-state index contributed by atoms with van der Waals surface area (Å²) in [4.78, 5) is 25.2. The van der Waals surface area contributed by atoms with Gasteiger partial charge in [0.1, 0.15) is 5.75 Å². The number of hydrogen-bond acceptors (Lipinski definition) is 4. The van der Waals surface area contributed by atoms with Gasteiger partial charge in [-0.25, -0.2) is 0 Å². The second-order valence-corrected chi connectivity index (χ2v) is 7.84. The van der Waals surface area contributed by atoms with Gasteiger partial charge in [-0.05, 0) is 49.4 Å². The Morgan fingerprint density at radius 2 is 1.70 bits per heavy atom. The van der Waals surface area contributed by atoms with Gasteiger partial charge in [0.2, 0.25) is 5.91 Å². The molecule has 0 aliphatic rings. The molecule has 144 valence electrons. The quantitative estimate of drug-likeness (QED) is 0.493. The van der Waals surface area contributed by atoms with Gasteiger partial charge in [-0.2, -0.15) is 0 Å². The van der Waals surface area contributed by atoms with E-state index >= 15 is 0 Å². The second kappa shape index (κ2) is 10.4. The lowest BCUT2D eigenvalue weighted by Gasteiger charge is -2.13. The molecule has 0 heterocycles. The summed E-state index contributed by atoms with van der Waals surface area (Å²) in [5.41, 5.74) is 0.416. The first kappa shape index (κ1) is 21.4. The van der Waals surface area contributed by atoms with Crippen molar-refractivity contribution in [2.45, 2.75) is 17.1 Å². The van der Waals surface area contributed by atoms with E-state index in [1.807, 2.05) is 31.2 Å². The summed E-state index contributed by atoms with van der Waals surface area (Å²) >= 11 is 13.2. The third-order valence-electron chi connectivity index (χ3n) is 3.63. The van der Waals surface area contributed by atoms with Crippen molar-refractivity contribution in [2.75, 3.05) is 20.2 Å². The average molecular weight is 427 g/mol. The number of nitrogens with one attached hydrogen (secondary N) is 2. The highest BCUT2D eigenvalue weighted by atomic mass is 35.5. The zero-order valence-electron chi connectivity index (χ0n) is 14.9. The van der Waals surface area contributed by atoms with Crippen LogP contribution in [0.25, 0.3) is 0 Å². The predicted octanol–water partition coefficient (Wildman–Crippen LogP) is 4.03. The summed E-state index contributed by atoms with van der Waals surface area (Å²) in [6.07, 6.45) is 0. The number of thioether (sulfide) groups is 1.